The fraction of sp³-hybridized carbons (Fsp3) is 0.462. The molecule has 2 atom stereocenters. The van der Waals surface area contributed by atoms with Crippen molar-refractivity contribution in [1.29, 1.82) is 0 Å². The van der Waals surface area contributed by atoms with Crippen LogP contribution >= 0.6 is 0 Å². The second kappa shape index (κ2) is 5.29. The minimum Gasteiger partial charge on any atom is -0.443 e. The van der Waals surface area contributed by atoms with E-state index in [4.69, 9.17) is 10.2 Å². The molecule has 0 fully saturated rings. The Hall–Kier alpha value is -1.39. The fourth-order valence-electron chi connectivity index (χ4n) is 2.00. The molecular weight excluding hydrogens is 214 g/mol. The number of oxazole rings is 1. The van der Waals surface area contributed by atoms with Gasteiger partial charge in [-0.3, -0.25) is 0 Å². The SMILES string of the molecule is CNC(CCC(C)N)c1ccc2ncoc2c1. The first-order chi connectivity index (χ1) is 8.20. The van der Waals surface area contributed by atoms with Crippen molar-refractivity contribution in [2.24, 2.45) is 5.73 Å². The van der Waals surface area contributed by atoms with Gasteiger partial charge in [-0.2, -0.15) is 0 Å². The highest BCUT2D eigenvalue weighted by Gasteiger charge is 2.11. The van der Waals surface area contributed by atoms with Crippen LogP contribution in [0.2, 0.25) is 0 Å². The van der Waals surface area contributed by atoms with Crippen molar-refractivity contribution in [3.8, 4) is 0 Å². The third-order valence-electron chi connectivity index (χ3n) is 3.02. The number of nitrogens with zero attached hydrogens (tertiary/aromatic N) is 1. The minimum absolute atomic E-state index is 0.236. The molecule has 0 radical (unpaired) electrons. The molecule has 0 amide bonds. The average molecular weight is 233 g/mol. The quantitative estimate of drug-likeness (QED) is 0.831. The molecule has 17 heavy (non-hydrogen) atoms. The molecule has 2 rings (SSSR count). The maximum atomic E-state index is 5.79. The van der Waals surface area contributed by atoms with E-state index >= 15 is 0 Å². The maximum absolute atomic E-state index is 5.79. The van der Waals surface area contributed by atoms with Gasteiger partial charge in [0.1, 0.15) is 5.52 Å². The molecule has 1 aromatic heterocycles. The lowest BCUT2D eigenvalue weighted by Crippen LogP contribution is -2.21. The minimum atomic E-state index is 0.236. The van der Waals surface area contributed by atoms with Crippen LogP contribution in [0.3, 0.4) is 0 Å². The average Bonchev–Trinajstić information content (AvgIpc) is 2.76. The highest BCUT2D eigenvalue weighted by Crippen LogP contribution is 2.22. The molecular formula is C13H19N3O. The van der Waals surface area contributed by atoms with Crippen LogP contribution in [0.4, 0.5) is 0 Å². The van der Waals surface area contributed by atoms with Gasteiger partial charge in [0.2, 0.25) is 0 Å². The Kier molecular flexibility index (Phi) is 3.76. The van der Waals surface area contributed by atoms with E-state index in [9.17, 15) is 0 Å². The number of fused-ring (bicyclic) bond motifs is 1. The van der Waals surface area contributed by atoms with Gasteiger partial charge in [0.05, 0.1) is 0 Å². The number of benzene rings is 1. The third-order valence-corrected chi connectivity index (χ3v) is 3.02. The summed E-state index contributed by atoms with van der Waals surface area (Å²) in [4.78, 5) is 4.11. The monoisotopic (exact) mass is 233 g/mol. The second-order valence-electron chi connectivity index (χ2n) is 4.48. The molecule has 4 heteroatoms. The molecule has 1 heterocycles. The first-order valence-electron chi connectivity index (χ1n) is 5.96. The second-order valence-corrected chi connectivity index (χ2v) is 4.48. The highest BCUT2D eigenvalue weighted by atomic mass is 16.3. The molecule has 0 spiro atoms. The molecule has 2 aromatic rings. The van der Waals surface area contributed by atoms with Gasteiger partial charge in [-0.05, 0) is 44.5 Å². The van der Waals surface area contributed by atoms with Crippen molar-refractivity contribution in [2.75, 3.05) is 7.05 Å². The normalized spacial score (nSPS) is 15.0. The van der Waals surface area contributed by atoms with Gasteiger partial charge < -0.3 is 15.5 Å². The summed E-state index contributed by atoms with van der Waals surface area (Å²) in [5.41, 5.74) is 8.75. The molecule has 2 unspecified atom stereocenters. The Balaban J connectivity index is 2.17. The van der Waals surface area contributed by atoms with Crippen molar-refractivity contribution in [3.05, 3.63) is 30.2 Å². The highest BCUT2D eigenvalue weighted by molar-refractivity contribution is 5.72. The van der Waals surface area contributed by atoms with Crippen molar-refractivity contribution in [3.63, 3.8) is 0 Å². The van der Waals surface area contributed by atoms with Gasteiger partial charge in [0, 0.05) is 12.1 Å². The summed E-state index contributed by atoms with van der Waals surface area (Å²) in [7, 11) is 1.97. The molecule has 1 aromatic carbocycles. The van der Waals surface area contributed by atoms with E-state index in [1.54, 1.807) is 0 Å². The van der Waals surface area contributed by atoms with Gasteiger partial charge in [-0.15, -0.1) is 0 Å². The summed E-state index contributed by atoms with van der Waals surface area (Å²) >= 11 is 0. The van der Waals surface area contributed by atoms with Crippen molar-refractivity contribution < 1.29 is 4.42 Å². The van der Waals surface area contributed by atoms with Gasteiger partial charge in [-0.1, -0.05) is 6.07 Å². The fourth-order valence-corrected chi connectivity index (χ4v) is 2.00. The lowest BCUT2D eigenvalue weighted by molar-refractivity contribution is 0.496. The summed E-state index contributed by atoms with van der Waals surface area (Å²) in [5, 5.41) is 3.31. The number of hydrogen-bond donors (Lipinski definition) is 2. The lowest BCUT2D eigenvalue weighted by Gasteiger charge is -2.17. The topological polar surface area (TPSA) is 64.1 Å². The van der Waals surface area contributed by atoms with E-state index in [1.807, 2.05) is 26.1 Å². The van der Waals surface area contributed by atoms with Crippen LogP contribution < -0.4 is 11.1 Å². The van der Waals surface area contributed by atoms with Crippen molar-refractivity contribution >= 4 is 11.1 Å². The number of hydrogen-bond acceptors (Lipinski definition) is 4. The smallest absolute Gasteiger partial charge is 0.181 e. The van der Waals surface area contributed by atoms with Gasteiger partial charge in [0.25, 0.3) is 0 Å². The third kappa shape index (κ3) is 2.84. The predicted molar refractivity (Wildman–Crippen MR) is 68.7 cm³/mol. The van der Waals surface area contributed by atoms with E-state index in [0.717, 1.165) is 23.9 Å². The van der Waals surface area contributed by atoms with Crippen LogP contribution in [0.25, 0.3) is 11.1 Å². The summed E-state index contributed by atoms with van der Waals surface area (Å²) < 4.78 is 5.32. The van der Waals surface area contributed by atoms with Gasteiger partial charge in [0.15, 0.2) is 12.0 Å². The Morgan fingerprint density at radius 1 is 1.41 bits per heavy atom. The number of aromatic nitrogens is 1. The van der Waals surface area contributed by atoms with Crippen LogP contribution in [-0.4, -0.2) is 18.1 Å². The van der Waals surface area contributed by atoms with Crippen LogP contribution in [0.5, 0.6) is 0 Å². The number of rotatable bonds is 5. The molecule has 0 aliphatic carbocycles. The standard InChI is InChI=1S/C13H19N3O/c1-9(14)3-5-11(15-2)10-4-6-12-13(7-10)17-8-16-12/h4,6-9,11,15H,3,5,14H2,1-2H3. The van der Waals surface area contributed by atoms with Crippen LogP contribution in [0.15, 0.2) is 29.0 Å². The zero-order valence-corrected chi connectivity index (χ0v) is 10.3. The Bertz CT molecular complexity index is 478. The van der Waals surface area contributed by atoms with E-state index < -0.39 is 0 Å². The summed E-state index contributed by atoms with van der Waals surface area (Å²) in [6.07, 6.45) is 3.50. The first-order valence-corrected chi connectivity index (χ1v) is 5.96. The van der Waals surface area contributed by atoms with E-state index in [2.05, 4.69) is 16.4 Å². The Morgan fingerprint density at radius 3 is 2.94 bits per heavy atom. The van der Waals surface area contributed by atoms with Crippen LogP contribution in [-0.2, 0) is 0 Å². The molecule has 0 saturated heterocycles. The number of nitrogens with one attached hydrogen (secondary N) is 1. The zero-order chi connectivity index (χ0) is 12.3. The first kappa shape index (κ1) is 12.1. The van der Waals surface area contributed by atoms with E-state index in [1.165, 1.54) is 12.0 Å². The Morgan fingerprint density at radius 2 is 2.24 bits per heavy atom. The molecule has 92 valence electrons. The lowest BCUT2D eigenvalue weighted by atomic mass is 10.00. The summed E-state index contributed by atoms with van der Waals surface area (Å²) in [6, 6.07) is 6.68. The zero-order valence-electron chi connectivity index (χ0n) is 10.3. The van der Waals surface area contributed by atoms with Gasteiger partial charge in [-0.25, -0.2) is 4.98 Å². The molecule has 0 aliphatic rings. The molecule has 4 nitrogen and oxygen atoms in total. The van der Waals surface area contributed by atoms with E-state index in [-0.39, 0.29) is 6.04 Å². The largest absolute Gasteiger partial charge is 0.443 e. The molecule has 3 N–H and O–H groups in total. The maximum Gasteiger partial charge on any atom is 0.181 e. The molecule has 0 aliphatic heterocycles. The summed E-state index contributed by atoms with van der Waals surface area (Å²) in [6.45, 7) is 2.03. The van der Waals surface area contributed by atoms with Gasteiger partial charge >= 0.3 is 0 Å². The van der Waals surface area contributed by atoms with Crippen LogP contribution in [0, 0.1) is 0 Å². The molecule has 0 saturated carbocycles. The van der Waals surface area contributed by atoms with Crippen molar-refractivity contribution in [2.45, 2.75) is 31.8 Å². The molecule has 0 bridgehead atoms. The summed E-state index contributed by atoms with van der Waals surface area (Å²) in [5.74, 6) is 0. The van der Waals surface area contributed by atoms with E-state index in [0.29, 0.717) is 6.04 Å². The Labute approximate surface area is 101 Å². The predicted octanol–water partition coefficient (Wildman–Crippen LogP) is 2.22. The van der Waals surface area contributed by atoms with Crippen LogP contribution in [0.1, 0.15) is 31.4 Å². The van der Waals surface area contributed by atoms with Crippen molar-refractivity contribution in [1.82, 2.24) is 10.3 Å². The number of nitrogens with two attached hydrogens (primary N) is 1.